The van der Waals surface area contributed by atoms with Crippen LogP contribution < -0.4 is 15.8 Å². The lowest BCUT2D eigenvalue weighted by atomic mass is 10.1. The van der Waals surface area contributed by atoms with Gasteiger partial charge in [-0.15, -0.1) is 0 Å². The van der Waals surface area contributed by atoms with Gasteiger partial charge in [0, 0.05) is 19.7 Å². The third kappa shape index (κ3) is 3.23. The van der Waals surface area contributed by atoms with Crippen molar-refractivity contribution in [2.45, 2.75) is 30.8 Å². The van der Waals surface area contributed by atoms with Crippen molar-refractivity contribution in [2.75, 3.05) is 30.3 Å². The summed E-state index contributed by atoms with van der Waals surface area (Å²) >= 11 is 0. The van der Waals surface area contributed by atoms with E-state index in [2.05, 4.69) is 4.90 Å². The molecule has 1 fully saturated rings. The molecule has 6 nitrogen and oxygen atoms in total. The van der Waals surface area contributed by atoms with E-state index in [4.69, 9.17) is 15.6 Å². The van der Waals surface area contributed by atoms with Gasteiger partial charge in [-0.1, -0.05) is 6.07 Å². The number of nitrogens with zero attached hydrogens (tertiary/aromatic N) is 1. The molecular formula is C13H21N3O3S. The average Bonchev–Trinajstić information content (AvgIpc) is 2.39. The van der Waals surface area contributed by atoms with Crippen LogP contribution in [0, 0.1) is 0 Å². The molecule has 1 aliphatic rings. The second-order valence-electron chi connectivity index (χ2n) is 4.88. The van der Waals surface area contributed by atoms with Crippen LogP contribution in [0.5, 0.6) is 0 Å². The minimum Gasteiger partial charge on any atom is -0.396 e. The lowest BCUT2D eigenvalue weighted by Gasteiger charge is -2.34. The summed E-state index contributed by atoms with van der Waals surface area (Å²) in [7, 11) is -3.79. The number of anilines is 2. The SMILES string of the molecule is CCOC1CCN(c2cccc(S(N)(=O)=O)c2N)CC1. The van der Waals surface area contributed by atoms with Crippen molar-refractivity contribution in [3.8, 4) is 0 Å². The van der Waals surface area contributed by atoms with E-state index >= 15 is 0 Å². The molecule has 0 bridgehead atoms. The number of primary sulfonamides is 1. The minimum atomic E-state index is -3.79. The standard InChI is InChI=1S/C13H21N3O3S/c1-2-19-10-6-8-16(9-7-10)11-4-3-5-12(13(11)14)20(15,17)18/h3-5,10H,2,6-9,14H2,1H3,(H2,15,17,18). The van der Waals surface area contributed by atoms with Gasteiger partial charge < -0.3 is 15.4 Å². The largest absolute Gasteiger partial charge is 0.396 e. The number of para-hydroxylation sites is 1. The summed E-state index contributed by atoms with van der Waals surface area (Å²) in [6, 6.07) is 4.92. The molecule has 4 N–H and O–H groups in total. The van der Waals surface area contributed by atoms with E-state index < -0.39 is 10.0 Å². The van der Waals surface area contributed by atoms with Gasteiger partial charge in [0.15, 0.2) is 0 Å². The van der Waals surface area contributed by atoms with Crippen LogP contribution in [0.1, 0.15) is 19.8 Å². The molecule has 0 unspecified atom stereocenters. The number of ether oxygens (including phenoxy) is 1. The molecule has 1 heterocycles. The highest BCUT2D eigenvalue weighted by molar-refractivity contribution is 7.89. The van der Waals surface area contributed by atoms with Crippen LogP contribution in [-0.4, -0.2) is 34.2 Å². The van der Waals surface area contributed by atoms with Gasteiger partial charge in [-0.05, 0) is 31.9 Å². The van der Waals surface area contributed by atoms with Crippen molar-refractivity contribution in [3.63, 3.8) is 0 Å². The topological polar surface area (TPSA) is 98.6 Å². The molecule has 7 heteroatoms. The highest BCUT2D eigenvalue weighted by Crippen LogP contribution is 2.31. The van der Waals surface area contributed by atoms with Crippen molar-refractivity contribution >= 4 is 21.4 Å². The monoisotopic (exact) mass is 299 g/mol. The van der Waals surface area contributed by atoms with E-state index in [0.29, 0.717) is 6.61 Å². The van der Waals surface area contributed by atoms with Crippen molar-refractivity contribution in [1.29, 1.82) is 0 Å². The van der Waals surface area contributed by atoms with E-state index in [1.54, 1.807) is 6.07 Å². The molecule has 0 radical (unpaired) electrons. The summed E-state index contributed by atoms with van der Waals surface area (Å²) in [6.07, 6.45) is 2.10. The first kappa shape index (κ1) is 15.1. The number of nitrogen functional groups attached to an aromatic ring is 1. The smallest absolute Gasteiger partial charge is 0.240 e. The maximum Gasteiger partial charge on any atom is 0.240 e. The number of rotatable bonds is 4. The van der Waals surface area contributed by atoms with E-state index in [1.807, 2.05) is 13.0 Å². The van der Waals surface area contributed by atoms with Crippen molar-refractivity contribution in [2.24, 2.45) is 5.14 Å². The highest BCUT2D eigenvalue weighted by Gasteiger charge is 2.23. The molecule has 0 aliphatic carbocycles. The van der Waals surface area contributed by atoms with Gasteiger partial charge in [-0.2, -0.15) is 0 Å². The van der Waals surface area contributed by atoms with Crippen LogP contribution in [-0.2, 0) is 14.8 Å². The Kier molecular flexibility index (Phi) is 4.52. The Labute approximate surface area is 119 Å². The van der Waals surface area contributed by atoms with E-state index in [0.717, 1.165) is 31.6 Å². The number of sulfonamides is 1. The lowest BCUT2D eigenvalue weighted by molar-refractivity contribution is 0.0459. The first-order valence-electron chi connectivity index (χ1n) is 6.71. The summed E-state index contributed by atoms with van der Waals surface area (Å²) in [5.74, 6) is 0. The zero-order chi connectivity index (χ0) is 14.8. The third-order valence-corrected chi connectivity index (χ3v) is 4.50. The quantitative estimate of drug-likeness (QED) is 0.806. The fourth-order valence-corrected chi connectivity index (χ4v) is 3.23. The van der Waals surface area contributed by atoms with Crippen molar-refractivity contribution in [1.82, 2.24) is 0 Å². The zero-order valence-corrected chi connectivity index (χ0v) is 12.4. The molecule has 1 aromatic rings. The van der Waals surface area contributed by atoms with Gasteiger partial charge in [-0.3, -0.25) is 0 Å². The van der Waals surface area contributed by atoms with Crippen molar-refractivity contribution < 1.29 is 13.2 Å². The summed E-state index contributed by atoms with van der Waals surface area (Å²) in [5.41, 5.74) is 6.92. The molecule has 0 spiro atoms. The molecule has 112 valence electrons. The Hall–Kier alpha value is -1.31. The Bertz CT molecular complexity index is 566. The number of hydrogen-bond acceptors (Lipinski definition) is 5. The van der Waals surface area contributed by atoms with Crippen LogP contribution >= 0.6 is 0 Å². The third-order valence-electron chi connectivity index (χ3n) is 3.53. The van der Waals surface area contributed by atoms with Crippen LogP contribution in [0.15, 0.2) is 23.1 Å². The number of piperidine rings is 1. The Morgan fingerprint density at radius 2 is 2.00 bits per heavy atom. The highest BCUT2D eigenvalue weighted by atomic mass is 32.2. The fourth-order valence-electron chi connectivity index (χ4n) is 2.56. The van der Waals surface area contributed by atoms with Crippen LogP contribution in [0.25, 0.3) is 0 Å². The van der Waals surface area contributed by atoms with E-state index in [1.165, 1.54) is 6.07 Å². The van der Waals surface area contributed by atoms with E-state index in [9.17, 15) is 8.42 Å². The molecule has 1 aromatic carbocycles. The molecule has 1 aliphatic heterocycles. The number of benzene rings is 1. The summed E-state index contributed by atoms with van der Waals surface area (Å²) in [4.78, 5) is 2.07. The molecule has 2 rings (SSSR count). The van der Waals surface area contributed by atoms with Gasteiger partial charge in [-0.25, -0.2) is 13.6 Å². The van der Waals surface area contributed by atoms with Gasteiger partial charge in [0.2, 0.25) is 10.0 Å². The molecule has 1 saturated heterocycles. The Balaban J connectivity index is 2.19. The summed E-state index contributed by atoms with van der Waals surface area (Å²) in [6.45, 7) is 4.29. The number of hydrogen-bond donors (Lipinski definition) is 2. The predicted octanol–water partition coefficient (Wildman–Crippen LogP) is 0.922. The fraction of sp³-hybridized carbons (Fsp3) is 0.538. The molecule has 0 aromatic heterocycles. The molecule has 20 heavy (non-hydrogen) atoms. The second-order valence-corrected chi connectivity index (χ2v) is 6.41. The second kappa shape index (κ2) is 5.99. The lowest BCUT2D eigenvalue weighted by Crippen LogP contribution is -2.37. The average molecular weight is 299 g/mol. The first-order chi connectivity index (χ1) is 9.43. The maximum absolute atomic E-state index is 11.5. The van der Waals surface area contributed by atoms with Gasteiger partial charge in [0.25, 0.3) is 0 Å². The van der Waals surface area contributed by atoms with Crippen LogP contribution in [0.3, 0.4) is 0 Å². The zero-order valence-electron chi connectivity index (χ0n) is 11.6. The summed E-state index contributed by atoms with van der Waals surface area (Å²) in [5, 5.41) is 5.17. The van der Waals surface area contributed by atoms with Crippen LogP contribution in [0.4, 0.5) is 11.4 Å². The van der Waals surface area contributed by atoms with Crippen LogP contribution in [0.2, 0.25) is 0 Å². The predicted molar refractivity (Wildman–Crippen MR) is 79.1 cm³/mol. The molecule has 0 atom stereocenters. The molecular weight excluding hydrogens is 278 g/mol. The Morgan fingerprint density at radius 3 is 2.55 bits per heavy atom. The van der Waals surface area contributed by atoms with Gasteiger partial charge in [0.05, 0.1) is 17.5 Å². The van der Waals surface area contributed by atoms with Crippen molar-refractivity contribution in [3.05, 3.63) is 18.2 Å². The summed E-state index contributed by atoms with van der Waals surface area (Å²) < 4.78 is 28.6. The maximum atomic E-state index is 11.5. The normalized spacial score (nSPS) is 17.4. The molecule has 0 saturated carbocycles. The number of nitrogens with two attached hydrogens (primary N) is 2. The first-order valence-corrected chi connectivity index (χ1v) is 8.26. The minimum absolute atomic E-state index is 0.0121. The van der Waals surface area contributed by atoms with E-state index in [-0.39, 0.29) is 16.7 Å². The Morgan fingerprint density at radius 1 is 1.35 bits per heavy atom. The van der Waals surface area contributed by atoms with Gasteiger partial charge >= 0.3 is 0 Å². The molecule has 0 amide bonds. The van der Waals surface area contributed by atoms with Gasteiger partial charge in [0.1, 0.15) is 4.90 Å².